The van der Waals surface area contributed by atoms with Crippen molar-refractivity contribution in [3.63, 3.8) is 0 Å². The molecule has 0 saturated carbocycles. The standard InChI is InChI=1S/C6H12N2O2.CH4N4O2/c7-8-6(9)5-3-1-2-4-10-5;2-1(3)4-5(6)7/h5H,1-4,7H2,(H,8,9);(H4,2,3,4). The number of guanidine groups is 1. The van der Waals surface area contributed by atoms with Crippen LogP contribution >= 0.6 is 0 Å². The molecular weight excluding hydrogens is 232 g/mol. The van der Waals surface area contributed by atoms with E-state index in [-0.39, 0.29) is 12.0 Å². The van der Waals surface area contributed by atoms with Crippen LogP contribution in [0, 0.1) is 15.5 Å². The quantitative estimate of drug-likeness (QED) is 0.0958. The molecule has 1 atom stereocenters. The van der Waals surface area contributed by atoms with Gasteiger partial charge in [0.1, 0.15) is 6.10 Å². The first-order valence-corrected chi connectivity index (χ1v) is 4.84. The number of hydrogen-bond donors (Lipinski definition) is 5. The Balaban J connectivity index is 0.000000325. The Morgan fingerprint density at radius 3 is 2.47 bits per heavy atom. The highest BCUT2D eigenvalue weighted by atomic mass is 16.7. The molecule has 10 heteroatoms. The van der Waals surface area contributed by atoms with Crippen LogP contribution < -0.4 is 22.4 Å². The van der Waals surface area contributed by atoms with Crippen molar-refractivity contribution in [1.82, 2.24) is 10.9 Å². The first-order chi connectivity index (χ1) is 7.97. The Morgan fingerprint density at radius 2 is 2.18 bits per heavy atom. The normalized spacial score (nSPS) is 18.3. The fourth-order valence-corrected chi connectivity index (χ4v) is 1.14. The summed E-state index contributed by atoms with van der Waals surface area (Å²) >= 11 is 0. The summed E-state index contributed by atoms with van der Waals surface area (Å²) in [6.45, 7) is 0.679. The topological polar surface area (TPSA) is 169 Å². The summed E-state index contributed by atoms with van der Waals surface area (Å²) in [5, 5.41) is 14.6. The van der Waals surface area contributed by atoms with Crippen molar-refractivity contribution < 1.29 is 14.6 Å². The number of nitro groups is 1. The molecule has 0 aromatic carbocycles. The van der Waals surface area contributed by atoms with Gasteiger partial charge in [-0.25, -0.2) is 16.0 Å². The Labute approximate surface area is 97.3 Å². The molecular formula is C7H16N6O4. The highest BCUT2D eigenvalue weighted by Gasteiger charge is 2.20. The molecule has 98 valence electrons. The number of nitrogens with one attached hydrogen (secondary N) is 3. The highest BCUT2D eigenvalue weighted by molar-refractivity contribution is 5.80. The van der Waals surface area contributed by atoms with Crippen LogP contribution in [0.15, 0.2) is 0 Å². The number of ether oxygens (including phenoxy) is 1. The van der Waals surface area contributed by atoms with E-state index in [1.54, 1.807) is 0 Å². The minimum Gasteiger partial charge on any atom is -0.368 e. The lowest BCUT2D eigenvalue weighted by Gasteiger charge is -2.20. The summed E-state index contributed by atoms with van der Waals surface area (Å²) in [7, 11) is 0. The fourth-order valence-electron chi connectivity index (χ4n) is 1.14. The second kappa shape index (κ2) is 8.24. The molecule has 1 saturated heterocycles. The molecule has 1 fully saturated rings. The molecule has 1 aliphatic heterocycles. The van der Waals surface area contributed by atoms with Crippen LogP contribution in [-0.4, -0.2) is 29.6 Å². The second-order valence-corrected chi connectivity index (χ2v) is 3.15. The van der Waals surface area contributed by atoms with Gasteiger partial charge in [-0.1, -0.05) is 5.43 Å². The van der Waals surface area contributed by atoms with Crippen molar-refractivity contribution in [3.8, 4) is 0 Å². The Morgan fingerprint density at radius 1 is 1.53 bits per heavy atom. The molecule has 1 rings (SSSR count). The zero-order valence-electron chi connectivity index (χ0n) is 9.14. The highest BCUT2D eigenvalue weighted by Crippen LogP contribution is 2.11. The Bertz CT molecular complexity index is 266. The summed E-state index contributed by atoms with van der Waals surface area (Å²) in [5.41, 5.74) is 7.98. The van der Waals surface area contributed by atoms with E-state index in [0.29, 0.717) is 6.61 Å². The van der Waals surface area contributed by atoms with E-state index < -0.39 is 11.0 Å². The molecule has 0 radical (unpaired) electrons. The lowest BCUT2D eigenvalue weighted by atomic mass is 10.1. The van der Waals surface area contributed by atoms with Crippen molar-refractivity contribution in [2.24, 2.45) is 11.6 Å². The lowest BCUT2D eigenvalue weighted by molar-refractivity contribution is -0.525. The van der Waals surface area contributed by atoms with Crippen molar-refractivity contribution >= 4 is 11.9 Å². The molecule has 0 aromatic heterocycles. The van der Waals surface area contributed by atoms with Crippen molar-refractivity contribution in [2.75, 3.05) is 6.61 Å². The van der Waals surface area contributed by atoms with Gasteiger partial charge >= 0.3 is 0 Å². The third kappa shape index (κ3) is 7.93. The Hall–Kier alpha value is -1.94. The van der Waals surface area contributed by atoms with Gasteiger partial charge in [-0.15, -0.1) is 0 Å². The maximum atomic E-state index is 10.8. The van der Waals surface area contributed by atoms with Crippen LogP contribution in [0.2, 0.25) is 0 Å². The molecule has 1 amide bonds. The van der Waals surface area contributed by atoms with E-state index in [4.69, 9.17) is 16.0 Å². The predicted molar refractivity (Wildman–Crippen MR) is 58.0 cm³/mol. The van der Waals surface area contributed by atoms with Crippen molar-refractivity contribution in [2.45, 2.75) is 25.4 Å². The van der Waals surface area contributed by atoms with E-state index in [1.807, 2.05) is 0 Å². The summed E-state index contributed by atoms with van der Waals surface area (Å²) in [4.78, 5) is 20.1. The molecule has 1 unspecified atom stereocenters. The minimum absolute atomic E-state index is 0.209. The number of carbonyl (C=O) groups excluding carboxylic acids is 1. The van der Waals surface area contributed by atoms with Crippen LogP contribution in [0.25, 0.3) is 0 Å². The average Bonchev–Trinajstić information content (AvgIpc) is 2.28. The zero-order valence-corrected chi connectivity index (χ0v) is 9.14. The average molecular weight is 248 g/mol. The van der Waals surface area contributed by atoms with Gasteiger partial charge in [0.05, 0.1) is 0 Å². The van der Waals surface area contributed by atoms with Crippen molar-refractivity contribution in [3.05, 3.63) is 10.1 Å². The maximum Gasteiger partial charge on any atom is 0.262 e. The molecule has 0 aliphatic carbocycles. The van der Waals surface area contributed by atoms with E-state index in [1.165, 1.54) is 5.43 Å². The maximum absolute atomic E-state index is 10.8. The number of hydrogen-bond acceptors (Lipinski definition) is 6. The summed E-state index contributed by atoms with van der Waals surface area (Å²) in [6, 6.07) is 0. The largest absolute Gasteiger partial charge is 0.368 e. The number of carbonyl (C=O) groups is 1. The molecule has 1 aliphatic rings. The van der Waals surface area contributed by atoms with Crippen LogP contribution in [-0.2, 0) is 9.53 Å². The third-order valence-electron chi connectivity index (χ3n) is 1.83. The van der Waals surface area contributed by atoms with E-state index in [2.05, 4.69) is 11.2 Å². The summed E-state index contributed by atoms with van der Waals surface area (Å²) < 4.78 is 5.14. The summed E-state index contributed by atoms with van der Waals surface area (Å²) in [5.74, 6) is 4.05. The number of nitrogens with two attached hydrogens (primary N) is 2. The smallest absolute Gasteiger partial charge is 0.262 e. The van der Waals surface area contributed by atoms with Crippen LogP contribution in [0.5, 0.6) is 0 Å². The SMILES string of the molecule is N=C(N)N[N+](=O)[O-].NNC(=O)C1CCCCO1. The monoisotopic (exact) mass is 248 g/mol. The molecule has 1 heterocycles. The second-order valence-electron chi connectivity index (χ2n) is 3.15. The molecule has 0 spiro atoms. The lowest BCUT2D eigenvalue weighted by Crippen LogP contribution is -2.41. The minimum atomic E-state index is -0.900. The Kier molecular flexibility index (Phi) is 7.30. The van der Waals surface area contributed by atoms with Crippen molar-refractivity contribution in [1.29, 1.82) is 5.41 Å². The van der Waals surface area contributed by atoms with Gasteiger partial charge in [0.2, 0.25) is 5.96 Å². The first-order valence-electron chi connectivity index (χ1n) is 4.84. The van der Waals surface area contributed by atoms with E-state index >= 15 is 0 Å². The van der Waals surface area contributed by atoms with Gasteiger partial charge in [0.15, 0.2) is 5.03 Å². The van der Waals surface area contributed by atoms with Gasteiger partial charge in [-0.2, -0.15) is 0 Å². The molecule has 7 N–H and O–H groups in total. The molecule has 0 bridgehead atoms. The fraction of sp³-hybridized carbons (Fsp3) is 0.714. The molecule has 17 heavy (non-hydrogen) atoms. The number of rotatable bonds is 2. The van der Waals surface area contributed by atoms with Gasteiger partial charge in [0.25, 0.3) is 5.91 Å². The van der Waals surface area contributed by atoms with E-state index in [0.717, 1.165) is 19.3 Å². The van der Waals surface area contributed by atoms with Gasteiger partial charge < -0.3 is 10.5 Å². The summed E-state index contributed by atoms with van der Waals surface area (Å²) in [6.07, 6.45) is 2.59. The zero-order chi connectivity index (χ0) is 13.3. The van der Waals surface area contributed by atoms with Gasteiger partial charge in [0, 0.05) is 6.61 Å². The molecule has 10 nitrogen and oxygen atoms in total. The number of nitrogens with zero attached hydrogens (tertiary/aromatic N) is 1. The number of hydrazine groups is 2. The van der Waals surface area contributed by atoms with E-state index in [9.17, 15) is 14.9 Å². The first kappa shape index (κ1) is 15.1. The van der Waals surface area contributed by atoms with Crippen LogP contribution in [0.4, 0.5) is 0 Å². The molecule has 0 aromatic rings. The van der Waals surface area contributed by atoms with Gasteiger partial charge in [-0.3, -0.25) is 15.6 Å². The van der Waals surface area contributed by atoms with Gasteiger partial charge in [-0.05, 0) is 19.3 Å². The third-order valence-corrected chi connectivity index (χ3v) is 1.83. The predicted octanol–water partition coefficient (Wildman–Crippen LogP) is -1.79. The van der Waals surface area contributed by atoms with Crippen LogP contribution in [0.1, 0.15) is 19.3 Å². The number of amides is 1. The van der Waals surface area contributed by atoms with Crippen LogP contribution in [0.3, 0.4) is 0 Å².